The Morgan fingerprint density at radius 2 is 1.80 bits per heavy atom. The minimum atomic E-state index is 0.00198. The number of benzene rings is 2. The van der Waals surface area contributed by atoms with Gasteiger partial charge >= 0.3 is 0 Å². The summed E-state index contributed by atoms with van der Waals surface area (Å²) in [6, 6.07) is 18.8. The Balaban J connectivity index is 1.57. The summed E-state index contributed by atoms with van der Waals surface area (Å²) in [5, 5.41) is 6.05. The molecule has 0 amide bonds. The molecule has 0 aliphatic carbocycles. The highest BCUT2D eigenvalue weighted by Gasteiger charge is 2.23. The van der Waals surface area contributed by atoms with E-state index in [1.807, 2.05) is 24.3 Å². The number of piperidine rings is 1. The Bertz CT molecular complexity index is 904. The zero-order valence-electron chi connectivity index (χ0n) is 14.3. The van der Waals surface area contributed by atoms with Crippen LogP contribution in [0.5, 0.6) is 0 Å². The van der Waals surface area contributed by atoms with E-state index in [0.29, 0.717) is 12.7 Å². The SMILES string of the molecule is O=c1c2ccccc2cnn1CN1CCCCC1Cc1ccccc1. The smallest absolute Gasteiger partial charge is 0.275 e. The number of hydrogen-bond acceptors (Lipinski definition) is 3. The molecule has 0 N–H and O–H groups in total. The highest BCUT2D eigenvalue weighted by Crippen LogP contribution is 2.21. The van der Waals surface area contributed by atoms with Crippen LogP contribution in [-0.4, -0.2) is 27.3 Å². The van der Waals surface area contributed by atoms with Crippen molar-refractivity contribution in [2.24, 2.45) is 0 Å². The third-order valence-electron chi connectivity index (χ3n) is 5.14. The van der Waals surface area contributed by atoms with Gasteiger partial charge in [0.1, 0.15) is 0 Å². The van der Waals surface area contributed by atoms with Crippen LogP contribution in [-0.2, 0) is 13.1 Å². The number of nitrogens with zero attached hydrogens (tertiary/aromatic N) is 3. The van der Waals surface area contributed by atoms with Crippen molar-refractivity contribution in [2.45, 2.75) is 38.4 Å². The van der Waals surface area contributed by atoms with Crippen LogP contribution in [0.1, 0.15) is 24.8 Å². The average Bonchev–Trinajstić information content (AvgIpc) is 2.66. The van der Waals surface area contributed by atoms with Gasteiger partial charge in [-0.2, -0.15) is 5.10 Å². The Morgan fingerprint density at radius 3 is 2.68 bits per heavy atom. The van der Waals surface area contributed by atoms with Gasteiger partial charge in [0, 0.05) is 18.0 Å². The van der Waals surface area contributed by atoms with Crippen molar-refractivity contribution in [3.8, 4) is 0 Å². The maximum atomic E-state index is 12.7. The average molecular weight is 333 g/mol. The van der Waals surface area contributed by atoms with Crippen LogP contribution in [0.2, 0.25) is 0 Å². The Hall–Kier alpha value is -2.46. The minimum Gasteiger partial charge on any atom is -0.281 e. The van der Waals surface area contributed by atoms with Gasteiger partial charge in [0.05, 0.1) is 18.3 Å². The zero-order chi connectivity index (χ0) is 17.1. The molecule has 1 saturated heterocycles. The fourth-order valence-corrected chi connectivity index (χ4v) is 3.76. The summed E-state index contributed by atoms with van der Waals surface area (Å²) in [5.74, 6) is 0. The van der Waals surface area contributed by atoms with E-state index in [9.17, 15) is 4.79 Å². The first-order valence-electron chi connectivity index (χ1n) is 9.04. The van der Waals surface area contributed by atoms with Crippen molar-refractivity contribution >= 4 is 10.8 Å². The number of likely N-dealkylation sites (tertiary alicyclic amines) is 1. The van der Waals surface area contributed by atoms with E-state index in [-0.39, 0.29) is 5.56 Å². The summed E-state index contributed by atoms with van der Waals surface area (Å²) in [7, 11) is 0. The first kappa shape index (κ1) is 16.0. The number of rotatable bonds is 4. The summed E-state index contributed by atoms with van der Waals surface area (Å²) in [4.78, 5) is 15.2. The van der Waals surface area contributed by atoms with Crippen LogP contribution in [0.25, 0.3) is 10.8 Å². The maximum Gasteiger partial charge on any atom is 0.275 e. The standard InChI is InChI=1S/C21H23N3O/c25-21-20-12-5-4-10-18(20)15-22-24(21)16-23-13-7-6-11-19(23)14-17-8-2-1-3-9-17/h1-5,8-10,12,15,19H,6-7,11,13-14,16H2. The summed E-state index contributed by atoms with van der Waals surface area (Å²) in [6.07, 6.45) is 6.45. The van der Waals surface area contributed by atoms with E-state index < -0.39 is 0 Å². The molecule has 2 heterocycles. The van der Waals surface area contributed by atoms with Gasteiger partial charge in [-0.15, -0.1) is 0 Å². The quantitative estimate of drug-likeness (QED) is 0.734. The van der Waals surface area contributed by atoms with Gasteiger partial charge in [0.25, 0.3) is 5.56 Å². The van der Waals surface area contributed by atoms with Crippen molar-refractivity contribution in [1.82, 2.24) is 14.7 Å². The first-order valence-corrected chi connectivity index (χ1v) is 9.04. The lowest BCUT2D eigenvalue weighted by Crippen LogP contribution is -2.44. The minimum absolute atomic E-state index is 0.00198. The van der Waals surface area contributed by atoms with Crippen LogP contribution in [0, 0.1) is 0 Å². The number of fused-ring (bicyclic) bond motifs is 1. The molecule has 4 rings (SSSR count). The van der Waals surface area contributed by atoms with Gasteiger partial charge in [0.2, 0.25) is 0 Å². The molecule has 4 nitrogen and oxygen atoms in total. The molecule has 0 bridgehead atoms. The van der Waals surface area contributed by atoms with Crippen molar-refractivity contribution in [1.29, 1.82) is 0 Å². The molecular weight excluding hydrogens is 310 g/mol. The molecular formula is C21H23N3O. The van der Waals surface area contributed by atoms with Crippen LogP contribution >= 0.6 is 0 Å². The fraction of sp³-hybridized carbons (Fsp3) is 0.333. The zero-order valence-corrected chi connectivity index (χ0v) is 14.3. The van der Waals surface area contributed by atoms with E-state index in [4.69, 9.17) is 0 Å². The number of hydrogen-bond donors (Lipinski definition) is 0. The summed E-state index contributed by atoms with van der Waals surface area (Å²) >= 11 is 0. The second kappa shape index (κ2) is 7.19. The molecule has 1 aliphatic rings. The van der Waals surface area contributed by atoms with E-state index >= 15 is 0 Å². The second-order valence-corrected chi connectivity index (χ2v) is 6.83. The molecule has 25 heavy (non-hydrogen) atoms. The maximum absolute atomic E-state index is 12.7. The van der Waals surface area contributed by atoms with E-state index in [2.05, 4.69) is 40.3 Å². The molecule has 1 unspecified atom stereocenters. The van der Waals surface area contributed by atoms with E-state index in [0.717, 1.165) is 23.7 Å². The van der Waals surface area contributed by atoms with Gasteiger partial charge in [0.15, 0.2) is 0 Å². The molecule has 1 atom stereocenters. The lowest BCUT2D eigenvalue weighted by Gasteiger charge is -2.35. The second-order valence-electron chi connectivity index (χ2n) is 6.83. The van der Waals surface area contributed by atoms with Gasteiger partial charge in [-0.3, -0.25) is 9.69 Å². The third kappa shape index (κ3) is 3.49. The molecule has 4 heteroatoms. The highest BCUT2D eigenvalue weighted by atomic mass is 16.1. The normalized spacial score (nSPS) is 18.5. The summed E-state index contributed by atoms with van der Waals surface area (Å²) in [6.45, 7) is 1.60. The predicted molar refractivity (Wildman–Crippen MR) is 100 cm³/mol. The van der Waals surface area contributed by atoms with Crippen LogP contribution < -0.4 is 5.56 Å². The molecule has 0 radical (unpaired) electrons. The van der Waals surface area contributed by atoms with Crippen LogP contribution in [0.15, 0.2) is 65.6 Å². The summed E-state index contributed by atoms with van der Waals surface area (Å²) < 4.78 is 1.62. The highest BCUT2D eigenvalue weighted by molar-refractivity contribution is 5.80. The first-order chi connectivity index (χ1) is 12.3. The monoisotopic (exact) mass is 333 g/mol. The van der Waals surface area contributed by atoms with Crippen LogP contribution in [0.3, 0.4) is 0 Å². The van der Waals surface area contributed by atoms with E-state index in [1.54, 1.807) is 10.9 Å². The van der Waals surface area contributed by atoms with Gasteiger partial charge in [-0.1, -0.05) is 55.0 Å². The molecule has 3 aromatic rings. The van der Waals surface area contributed by atoms with Crippen LogP contribution in [0.4, 0.5) is 0 Å². The van der Waals surface area contributed by atoms with Gasteiger partial charge in [-0.05, 0) is 30.9 Å². The molecule has 1 fully saturated rings. The summed E-state index contributed by atoms with van der Waals surface area (Å²) in [5.41, 5.74) is 1.36. The fourth-order valence-electron chi connectivity index (χ4n) is 3.76. The number of aromatic nitrogens is 2. The predicted octanol–water partition coefficient (Wildman–Crippen LogP) is 3.45. The lowest BCUT2D eigenvalue weighted by molar-refractivity contribution is 0.102. The molecule has 2 aromatic carbocycles. The molecule has 128 valence electrons. The lowest BCUT2D eigenvalue weighted by atomic mass is 9.96. The molecule has 1 aromatic heterocycles. The van der Waals surface area contributed by atoms with Gasteiger partial charge < -0.3 is 0 Å². The van der Waals surface area contributed by atoms with Crippen molar-refractivity contribution in [3.63, 3.8) is 0 Å². The molecule has 0 saturated carbocycles. The van der Waals surface area contributed by atoms with Gasteiger partial charge in [-0.25, -0.2) is 4.68 Å². The molecule has 1 aliphatic heterocycles. The van der Waals surface area contributed by atoms with Crippen molar-refractivity contribution in [3.05, 3.63) is 76.7 Å². The van der Waals surface area contributed by atoms with E-state index in [1.165, 1.54) is 24.8 Å². The Morgan fingerprint density at radius 1 is 1.00 bits per heavy atom. The Labute approximate surface area is 147 Å². The molecule has 0 spiro atoms. The topological polar surface area (TPSA) is 38.1 Å². The largest absolute Gasteiger partial charge is 0.281 e. The third-order valence-corrected chi connectivity index (χ3v) is 5.14. The van der Waals surface area contributed by atoms with Crippen molar-refractivity contribution < 1.29 is 0 Å². The Kier molecular flexibility index (Phi) is 4.61. The van der Waals surface area contributed by atoms with Crippen molar-refractivity contribution in [2.75, 3.05) is 6.54 Å².